The number of hydrogen-bond acceptors (Lipinski definition) is 3. The first kappa shape index (κ1) is 17.7. The minimum absolute atomic E-state index is 0.113. The van der Waals surface area contributed by atoms with Gasteiger partial charge in [0, 0.05) is 38.6 Å². The normalized spacial score (nSPS) is 12.4. The van der Waals surface area contributed by atoms with Crippen molar-refractivity contribution in [2.75, 3.05) is 33.2 Å². The van der Waals surface area contributed by atoms with Crippen LogP contribution in [0.2, 0.25) is 0 Å². The van der Waals surface area contributed by atoms with E-state index in [-0.39, 0.29) is 11.9 Å². The molecule has 21 heavy (non-hydrogen) atoms. The highest BCUT2D eigenvalue weighted by molar-refractivity contribution is 5.76. The summed E-state index contributed by atoms with van der Waals surface area (Å²) in [5, 5.41) is 0. The summed E-state index contributed by atoms with van der Waals surface area (Å²) in [5.41, 5.74) is 7.18. The molecule has 0 radical (unpaired) electrons. The summed E-state index contributed by atoms with van der Waals surface area (Å²) in [6.45, 7) is 6.98. The molecule has 1 aromatic carbocycles. The van der Waals surface area contributed by atoms with E-state index in [4.69, 9.17) is 5.73 Å². The van der Waals surface area contributed by atoms with E-state index in [0.717, 1.165) is 26.1 Å². The molecule has 0 saturated heterocycles. The van der Waals surface area contributed by atoms with Crippen molar-refractivity contribution in [3.05, 3.63) is 35.9 Å². The van der Waals surface area contributed by atoms with Gasteiger partial charge in [-0.1, -0.05) is 30.3 Å². The lowest BCUT2D eigenvalue weighted by molar-refractivity contribution is -0.132. The van der Waals surface area contributed by atoms with Gasteiger partial charge in [-0.05, 0) is 32.9 Å². The summed E-state index contributed by atoms with van der Waals surface area (Å²) in [5.74, 6) is 0.196. The van der Waals surface area contributed by atoms with Gasteiger partial charge in [-0.15, -0.1) is 0 Å². The average Bonchev–Trinajstić information content (AvgIpc) is 2.52. The van der Waals surface area contributed by atoms with E-state index in [1.807, 2.05) is 24.8 Å². The Balaban J connectivity index is 2.49. The van der Waals surface area contributed by atoms with Gasteiger partial charge in [-0.2, -0.15) is 0 Å². The van der Waals surface area contributed by atoms with Crippen LogP contribution in [-0.4, -0.2) is 55.0 Å². The molecule has 0 heterocycles. The van der Waals surface area contributed by atoms with Crippen LogP contribution in [0, 0.1) is 0 Å². The summed E-state index contributed by atoms with van der Waals surface area (Å²) in [6, 6.07) is 10.5. The molecule has 4 heteroatoms. The Morgan fingerprint density at radius 1 is 1.19 bits per heavy atom. The SMILES string of the molecule is CCN(CC)C(=O)CC(CN)N(C)CCc1ccccc1. The Morgan fingerprint density at radius 3 is 2.33 bits per heavy atom. The van der Waals surface area contributed by atoms with Crippen LogP contribution < -0.4 is 5.73 Å². The second kappa shape index (κ2) is 9.53. The Kier molecular flexibility index (Phi) is 8.01. The first-order valence-corrected chi connectivity index (χ1v) is 7.84. The maximum atomic E-state index is 12.2. The molecule has 0 aliphatic heterocycles. The van der Waals surface area contributed by atoms with Gasteiger partial charge in [0.1, 0.15) is 0 Å². The van der Waals surface area contributed by atoms with Crippen LogP contribution in [0.3, 0.4) is 0 Å². The second-order valence-electron chi connectivity index (χ2n) is 5.38. The van der Waals surface area contributed by atoms with E-state index in [1.54, 1.807) is 0 Å². The smallest absolute Gasteiger partial charge is 0.224 e. The zero-order valence-corrected chi connectivity index (χ0v) is 13.6. The zero-order chi connectivity index (χ0) is 15.7. The number of carbonyl (C=O) groups excluding carboxylic acids is 1. The highest BCUT2D eigenvalue weighted by atomic mass is 16.2. The third-order valence-corrected chi connectivity index (χ3v) is 4.02. The highest BCUT2D eigenvalue weighted by Crippen LogP contribution is 2.07. The molecule has 0 bridgehead atoms. The van der Waals surface area contributed by atoms with E-state index in [0.29, 0.717) is 13.0 Å². The van der Waals surface area contributed by atoms with Crippen molar-refractivity contribution in [3.63, 3.8) is 0 Å². The van der Waals surface area contributed by atoms with Gasteiger partial charge in [-0.3, -0.25) is 4.79 Å². The van der Waals surface area contributed by atoms with Crippen LogP contribution in [0.5, 0.6) is 0 Å². The fraction of sp³-hybridized carbons (Fsp3) is 0.588. The largest absolute Gasteiger partial charge is 0.343 e. The number of nitrogens with zero attached hydrogens (tertiary/aromatic N) is 2. The molecule has 1 atom stereocenters. The van der Waals surface area contributed by atoms with Crippen LogP contribution in [0.15, 0.2) is 30.3 Å². The van der Waals surface area contributed by atoms with Crippen molar-refractivity contribution >= 4 is 5.91 Å². The number of benzene rings is 1. The van der Waals surface area contributed by atoms with E-state index < -0.39 is 0 Å². The Labute approximate surface area is 128 Å². The second-order valence-corrected chi connectivity index (χ2v) is 5.38. The first-order valence-electron chi connectivity index (χ1n) is 7.84. The molecule has 0 aliphatic carbocycles. The fourth-order valence-corrected chi connectivity index (χ4v) is 2.46. The Morgan fingerprint density at radius 2 is 1.81 bits per heavy atom. The lowest BCUT2D eigenvalue weighted by Crippen LogP contribution is -2.43. The van der Waals surface area contributed by atoms with Gasteiger partial charge in [0.05, 0.1) is 0 Å². The van der Waals surface area contributed by atoms with Crippen LogP contribution >= 0.6 is 0 Å². The third-order valence-electron chi connectivity index (χ3n) is 4.02. The van der Waals surface area contributed by atoms with Crippen LogP contribution in [0.4, 0.5) is 0 Å². The van der Waals surface area contributed by atoms with Gasteiger partial charge in [0.25, 0.3) is 0 Å². The quantitative estimate of drug-likeness (QED) is 0.754. The maximum Gasteiger partial charge on any atom is 0.224 e. The number of carbonyl (C=O) groups is 1. The summed E-state index contributed by atoms with van der Waals surface area (Å²) >= 11 is 0. The summed E-state index contributed by atoms with van der Waals surface area (Å²) in [4.78, 5) is 16.3. The van der Waals surface area contributed by atoms with Crippen molar-refractivity contribution in [1.82, 2.24) is 9.80 Å². The van der Waals surface area contributed by atoms with Gasteiger partial charge < -0.3 is 15.5 Å². The molecule has 2 N–H and O–H groups in total. The number of likely N-dealkylation sites (N-methyl/N-ethyl adjacent to an activating group) is 1. The fourth-order valence-electron chi connectivity index (χ4n) is 2.46. The number of hydrogen-bond donors (Lipinski definition) is 1. The molecule has 1 aromatic rings. The molecule has 0 fully saturated rings. The molecule has 0 aromatic heterocycles. The van der Waals surface area contributed by atoms with Gasteiger partial charge in [0.2, 0.25) is 5.91 Å². The van der Waals surface area contributed by atoms with Crippen LogP contribution in [0.1, 0.15) is 25.8 Å². The van der Waals surface area contributed by atoms with E-state index >= 15 is 0 Å². The first-order chi connectivity index (χ1) is 10.1. The van der Waals surface area contributed by atoms with Crippen molar-refractivity contribution in [2.24, 2.45) is 5.73 Å². The molecule has 1 rings (SSSR count). The average molecular weight is 291 g/mol. The lowest BCUT2D eigenvalue weighted by atomic mass is 10.1. The predicted molar refractivity (Wildman–Crippen MR) is 88.2 cm³/mol. The Hall–Kier alpha value is -1.39. The third kappa shape index (κ3) is 5.86. The minimum atomic E-state index is 0.113. The Bertz CT molecular complexity index is 404. The molecule has 1 amide bonds. The zero-order valence-electron chi connectivity index (χ0n) is 13.6. The summed E-state index contributed by atoms with van der Waals surface area (Å²) in [6.07, 6.45) is 1.48. The monoisotopic (exact) mass is 291 g/mol. The van der Waals surface area contributed by atoms with Crippen molar-refractivity contribution in [2.45, 2.75) is 32.7 Å². The molecular weight excluding hydrogens is 262 g/mol. The van der Waals surface area contributed by atoms with E-state index in [2.05, 4.69) is 36.2 Å². The maximum absolute atomic E-state index is 12.2. The molecular formula is C17H29N3O. The molecule has 118 valence electrons. The predicted octanol–water partition coefficient (Wildman–Crippen LogP) is 1.75. The number of amides is 1. The number of nitrogens with two attached hydrogens (primary N) is 1. The van der Waals surface area contributed by atoms with Crippen molar-refractivity contribution in [1.29, 1.82) is 0 Å². The topological polar surface area (TPSA) is 49.6 Å². The van der Waals surface area contributed by atoms with Crippen LogP contribution in [-0.2, 0) is 11.2 Å². The molecule has 4 nitrogen and oxygen atoms in total. The lowest BCUT2D eigenvalue weighted by Gasteiger charge is -2.29. The standard InChI is InChI=1S/C17H29N3O/c1-4-20(5-2)17(21)13-16(14-18)19(3)12-11-15-9-7-6-8-10-15/h6-10,16H,4-5,11-14,18H2,1-3H3. The van der Waals surface area contributed by atoms with Gasteiger partial charge in [-0.25, -0.2) is 0 Å². The van der Waals surface area contributed by atoms with E-state index in [1.165, 1.54) is 5.56 Å². The molecule has 0 spiro atoms. The summed E-state index contributed by atoms with van der Waals surface area (Å²) in [7, 11) is 2.05. The number of rotatable bonds is 9. The van der Waals surface area contributed by atoms with Crippen LogP contribution in [0.25, 0.3) is 0 Å². The molecule has 0 aliphatic rings. The van der Waals surface area contributed by atoms with Crippen molar-refractivity contribution < 1.29 is 4.79 Å². The minimum Gasteiger partial charge on any atom is -0.343 e. The summed E-state index contributed by atoms with van der Waals surface area (Å²) < 4.78 is 0. The van der Waals surface area contributed by atoms with E-state index in [9.17, 15) is 4.79 Å². The molecule has 0 saturated carbocycles. The molecule has 1 unspecified atom stereocenters. The van der Waals surface area contributed by atoms with Gasteiger partial charge >= 0.3 is 0 Å². The van der Waals surface area contributed by atoms with Gasteiger partial charge in [0.15, 0.2) is 0 Å². The van der Waals surface area contributed by atoms with Crippen molar-refractivity contribution in [3.8, 4) is 0 Å². The highest BCUT2D eigenvalue weighted by Gasteiger charge is 2.19.